The van der Waals surface area contributed by atoms with Crippen LogP contribution in [0.3, 0.4) is 0 Å². The molecule has 0 saturated carbocycles. The van der Waals surface area contributed by atoms with Crippen molar-refractivity contribution < 1.29 is 13.9 Å². The van der Waals surface area contributed by atoms with Crippen LogP contribution in [0.2, 0.25) is 0 Å². The van der Waals surface area contributed by atoms with Gasteiger partial charge < -0.3 is 19.4 Å². The Kier molecular flexibility index (Phi) is 5.32. The van der Waals surface area contributed by atoms with Crippen molar-refractivity contribution in [1.82, 2.24) is 20.1 Å². The highest BCUT2D eigenvalue weighted by Crippen LogP contribution is 2.11. The van der Waals surface area contributed by atoms with E-state index in [-0.39, 0.29) is 6.03 Å². The molecule has 2 aromatic heterocycles. The Bertz CT molecular complexity index is 634. The van der Waals surface area contributed by atoms with E-state index in [0.717, 1.165) is 31.0 Å². The Morgan fingerprint density at radius 2 is 2.12 bits per heavy atom. The van der Waals surface area contributed by atoms with E-state index < -0.39 is 0 Å². The topological polar surface area (TPSA) is 70.8 Å². The Morgan fingerprint density at radius 1 is 1.29 bits per heavy atom. The summed E-state index contributed by atoms with van der Waals surface area (Å²) in [6.45, 7) is 4.38. The van der Waals surface area contributed by atoms with Gasteiger partial charge in [-0.1, -0.05) is 6.07 Å². The van der Waals surface area contributed by atoms with Crippen molar-refractivity contribution in [1.29, 1.82) is 0 Å². The van der Waals surface area contributed by atoms with E-state index in [2.05, 4.69) is 15.2 Å². The summed E-state index contributed by atoms with van der Waals surface area (Å²) in [6.07, 6.45) is 3.44. The van der Waals surface area contributed by atoms with Crippen LogP contribution < -0.4 is 10.1 Å². The fourth-order valence-electron chi connectivity index (χ4n) is 2.68. The number of furan rings is 1. The monoisotopic (exact) mass is 330 g/mol. The van der Waals surface area contributed by atoms with Crippen LogP contribution in [0.15, 0.2) is 41.1 Å². The maximum absolute atomic E-state index is 12.2. The SMILES string of the molecule is COc1ccc(CN2CCN(C(=O)NCc3ccco3)CC2)cn1. The van der Waals surface area contributed by atoms with E-state index in [9.17, 15) is 4.79 Å². The number of urea groups is 1. The normalized spacial score (nSPS) is 15.3. The van der Waals surface area contributed by atoms with Gasteiger partial charge >= 0.3 is 6.03 Å². The van der Waals surface area contributed by atoms with Crippen molar-refractivity contribution in [2.75, 3.05) is 33.3 Å². The summed E-state index contributed by atoms with van der Waals surface area (Å²) in [5.74, 6) is 1.38. The van der Waals surface area contributed by atoms with Crippen LogP contribution in [-0.2, 0) is 13.1 Å². The van der Waals surface area contributed by atoms with Gasteiger partial charge in [0.1, 0.15) is 5.76 Å². The van der Waals surface area contributed by atoms with Crippen molar-refractivity contribution >= 4 is 6.03 Å². The third-order valence-corrected chi connectivity index (χ3v) is 4.07. The third kappa shape index (κ3) is 4.26. The van der Waals surface area contributed by atoms with E-state index in [4.69, 9.17) is 9.15 Å². The molecule has 0 radical (unpaired) electrons. The number of carbonyl (C=O) groups is 1. The molecule has 0 aliphatic carbocycles. The van der Waals surface area contributed by atoms with Crippen molar-refractivity contribution in [3.63, 3.8) is 0 Å². The van der Waals surface area contributed by atoms with Gasteiger partial charge in [-0.15, -0.1) is 0 Å². The molecular weight excluding hydrogens is 308 g/mol. The fraction of sp³-hybridized carbons (Fsp3) is 0.412. The summed E-state index contributed by atoms with van der Waals surface area (Å²) in [6, 6.07) is 7.51. The highest BCUT2D eigenvalue weighted by Gasteiger charge is 2.21. The van der Waals surface area contributed by atoms with E-state index in [0.29, 0.717) is 25.5 Å². The first kappa shape index (κ1) is 16.3. The van der Waals surface area contributed by atoms with Crippen LogP contribution >= 0.6 is 0 Å². The molecule has 3 heterocycles. The summed E-state index contributed by atoms with van der Waals surface area (Å²) in [5, 5.41) is 2.88. The number of rotatable bonds is 5. The predicted molar refractivity (Wildman–Crippen MR) is 88.6 cm³/mol. The van der Waals surface area contributed by atoms with Gasteiger partial charge in [0, 0.05) is 45.0 Å². The van der Waals surface area contributed by atoms with E-state index in [1.807, 2.05) is 35.4 Å². The highest BCUT2D eigenvalue weighted by molar-refractivity contribution is 5.74. The number of ether oxygens (including phenoxy) is 1. The van der Waals surface area contributed by atoms with Crippen LogP contribution in [0.5, 0.6) is 5.88 Å². The Hall–Kier alpha value is -2.54. The van der Waals surface area contributed by atoms with E-state index in [1.165, 1.54) is 0 Å². The lowest BCUT2D eigenvalue weighted by Gasteiger charge is -2.34. The molecule has 0 atom stereocenters. The molecular formula is C17H22N4O3. The quantitative estimate of drug-likeness (QED) is 0.904. The summed E-state index contributed by atoms with van der Waals surface area (Å²) in [7, 11) is 1.61. The largest absolute Gasteiger partial charge is 0.481 e. The van der Waals surface area contributed by atoms with Crippen LogP contribution in [0.25, 0.3) is 0 Å². The first-order chi connectivity index (χ1) is 11.7. The second kappa shape index (κ2) is 7.83. The van der Waals surface area contributed by atoms with Crippen LogP contribution in [0.4, 0.5) is 4.79 Å². The average molecular weight is 330 g/mol. The Balaban J connectivity index is 1.42. The van der Waals surface area contributed by atoms with Gasteiger partial charge in [0.2, 0.25) is 5.88 Å². The fourth-order valence-corrected chi connectivity index (χ4v) is 2.68. The Labute approximate surface area is 141 Å². The van der Waals surface area contributed by atoms with Gasteiger partial charge in [-0.3, -0.25) is 4.90 Å². The number of hydrogen-bond donors (Lipinski definition) is 1. The molecule has 7 nitrogen and oxygen atoms in total. The smallest absolute Gasteiger partial charge is 0.317 e. The Morgan fingerprint density at radius 3 is 2.75 bits per heavy atom. The number of aromatic nitrogens is 1. The number of carbonyl (C=O) groups excluding carboxylic acids is 1. The second-order valence-corrected chi connectivity index (χ2v) is 5.71. The molecule has 3 rings (SSSR count). The molecule has 1 fully saturated rings. The molecule has 1 aliphatic heterocycles. The number of amides is 2. The number of nitrogens with one attached hydrogen (secondary N) is 1. The zero-order valence-electron chi connectivity index (χ0n) is 13.8. The van der Waals surface area contributed by atoms with Crippen LogP contribution in [0, 0.1) is 0 Å². The molecule has 24 heavy (non-hydrogen) atoms. The molecule has 0 spiro atoms. The van der Waals surface area contributed by atoms with E-state index in [1.54, 1.807) is 13.4 Å². The summed E-state index contributed by atoms with van der Waals surface area (Å²) in [4.78, 5) is 20.5. The van der Waals surface area contributed by atoms with Crippen molar-refractivity contribution in [3.05, 3.63) is 48.0 Å². The zero-order valence-corrected chi connectivity index (χ0v) is 13.8. The standard InChI is InChI=1S/C17H22N4O3/c1-23-16-5-4-14(11-18-16)13-20-6-8-21(9-7-20)17(22)19-12-15-3-2-10-24-15/h2-5,10-11H,6-9,12-13H2,1H3,(H,19,22). The van der Waals surface area contributed by atoms with Crippen molar-refractivity contribution in [2.24, 2.45) is 0 Å². The number of methoxy groups -OCH3 is 1. The summed E-state index contributed by atoms with van der Waals surface area (Å²) in [5.41, 5.74) is 1.14. The number of nitrogens with zero attached hydrogens (tertiary/aromatic N) is 3. The summed E-state index contributed by atoms with van der Waals surface area (Å²) < 4.78 is 10.3. The van der Waals surface area contributed by atoms with Gasteiger partial charge in [0.25, 0.3) is 0 Å². The molecule has 1 N–H and O–H groups in total. The zero-order chi connectivity index (χ0) is 16.8. The van der Waals surface area contributed by atoms with Gasteiger partial charge in [-0.2, -0.15) is 0 Å². The lowest BCUT2D eigenvalue weighted by atomic mass is 10.2. The van der Waals surface area contributed by atoms with Crippen molar-refractivity contribution in [2.45, 2.75) is 13.1 Å². The molecule has 1 aliphatic rings. The van der Waals surface area contributed by atoms with Crippen LogP contribution in [0.1, 0.15) is 11.3 Å². The van der Waals surface area contributed by atoms with Crippen LogP contribution in [-0.4, -0.2) is 54.1 Å². The van der Waals surface area contributed by atoms with Gasteiger partial charge in [0.15, 0.2) is 0 Å². The second-order valence-electron chi connectivity index (χ2n) is 5.71. The van der Waals surface area contributed by atoms with Gasteiger partial charge in [0.05, 0.1) is 19.9 Å². The molecule has 0 bridgehead atoms. The minimum Gasteiger partial charge on any atom is -0.481 e. The number of pyridine rings is 1. The number of piperazine rings is 1. The molecule has 0 aromatic carbocycles. The first-order valence-electron chi connectivity index (χ1n) is 8.01. The van der Waals surface area contributed by atoms with Gasteiger partial charge in [-0.25, -0.2) is 9.78 Å². The number of hydrogen-bond acceptors (Lipinski definition) is 5. The van der Waals surface area contributed by atoms with Crippen molar-refractivity contribution in [3.8, 4) is 5.88 Å². The first-order valence-corrected chi connectivity index (χ1v) is 8.01. The molecule has 1 saturated heterocycles. The maximum atomic E-state index is 12.2. The lowest BCUT2D eigenvalue weighted by Crippen LogP contribution is -2.51. The molecule has 2 aromatic rings. The minimum absolute atomic E-state index is 0.0443. The summed E-state index contributed by atoms with van der Waals surface area (Å²) >= 11 is 0. The lowest BCUT2D eigenvalue weighted by molar-refractivity contribution is 0.134. The molecule has 2 amide bonds. The average Bonchev–Trinajstić information content (AvgIpc) is 3.14. The van der Waals surface area contributed by atoms with Gasteiger partial charge in [-0.05, 0) is 17.7 Å². The molecule has 7 heteroatoms. The highest BCUT2D eigenvalue weighted by atomic mass is 16.5. The molecule has 0 unspecified atom stereocenters. The predicted octanol–water partition coefficient (Wildman–Crippen LogP) is 1.71. The van der Waals surface area contributed by atoms with E-state index >= 15 is 0 Å². The third-order valence-electron chi connectivity index (χ3n) is 4.07. The minimum atomic E-state index is -0.0443. The molecule has 128 valence electrons. The maximum Gasteiger partial charge on any atom is 0.317 e.